The van der Waals surface area contributed by atoms with Crippen LogP contribution in [0.5, 0.6) is 0 Å². The third-order valence-electron chi connectivity index (χ3n) is 16.7. The van der Waals surface area contributed by atoms with E-state index in [0.29, 0.717) is 25.7 Å². The fourth-order valence-corrected chi connectivity index (χ4v) is 11.3. The molecule has 0 saturated heterocycles. The SMILES string of the molecule is CCCCCCCCCC(CCCCCCCC/C=C\CCCCCCCC(=O)OC)OC(=O)CCCN(C)C.CCCCCCCCCC(CCCCCCCCC1CC1CCCCCCCC(=O)OC)OC(=O)CCCN(C)C. The summed E-state index contributed by atoms with van der Waals surface area (Å²) in [7, 11) is 11.1. The maximum atomic E-state index is 12.4. The van der Waals surface area contributed by atoms with Crippen LogP contribution in [0, 0.1) is 11.8 Å². The smallest absolute Gasteiger partial charge is 0.306 e. The molecule has 0 spiro atoms. The standard InChI is InChI=1S/C36H69NO4.C35H67NO4/c1-5-6-7-8-9-15-20-26-34(41-36(39)29-23-30-37(2)3)27-21-16-11-10-13-18-24-32-31-33(32)25-19-14-12-17-22-28-35(38)40-4;1-5-6-7-8-18-21-24-28-33(40-35(38)31-27-32-36(2)3)29-25-22-19-16-14-12-10-9-11-13-15-17-20-23-26-30-34(37)39-4/h32-34H,5-31H2,1-4H3;9,11,33H,5-8,10,12-32H2,1-4H3/b;11-9-. The molecule has 478 valence electrons. The third kappa shape index (κ3) is 59.1. The summed E-state index contributed by atoms with van der Waals surface area (Å²) in [6, 6.07) is 0. The first kappa shape index (κ1) is 78.5. The average molecular weight is 1150 g/mol. The van der Waals surface area contributed by atoms with Gasteiger partial charge >= 0.3 is 23.9 Å². The first-order valence-corrected chi connectivity index (χ1v) is 34.9. The number of carbonyl (C=O) groups is 4. The Morgan fingerprint density at radius 2 is 0.630 bits per heavy atom. The van der Waals surface area contributed by atoms with Gasteiger partial charge in [0.05, 0.1) is 14.2 Å². The van der Waals surface area contributed by atoms with Crippen molar-refractivity contribution in [3.8, 4) is 0 Å². The minimum absolute atomic E-state index is 0.00140. The Morgan fingerprint density at radius 3 is 0.938 bits per heavy atom. The number of methoxy groups -OCH3 is 2. The van der Waals surface area contributed by atoms with Crippen molar-refractivity contribution in [2.45, 2.75) is 354 Å². The molecule has 1 fully saturated rings. The number of unbranched alkanes of at least 4 members (excludes halogenated alkanes) is 32. The van der Waals surface area contributed by atoms with Crippen molar-refractivity contribution >= 4 is 23.9 Å². The maximum Gasteiger partial charge on any atom is 0.306 e. The van der Waals surface area contributed by atoms with Gasteiger partial charge in [-0.1, -0.05) is 219 Å². The molecule has 81 heavy (non-hydrogen) atoms. The van der Waals surface area contributed by atoms with Crippen molar-refractivity contribution in [2.75, 3.05) is 55.5 Å². The normalized spacial score (nSPS) is 14.7. The van der Waals surface area contributed by atoms with E-state index in [-0.39, 0.29) is 36.1 Å². The van der Waals surface area contributed by atoms with E-state index in [4.69, 9.17) is 14.2 Å². The summed E-state index contributed by atoms with van der Waals surface area (Å²) in [6.45, 7) is 6.42. The summed E-state index contributed by atoms with van der Waals surface area (Å²) in [5.41, 5.74) is 0. The second-order valence-electron chi connectivity index (χ2n) is 25.2. The first-order chi connectivity index (χ1) is 39.4. The van der Waals surface area contributed by atoms with Crippen LogP contribution in [0.2, 0.25) is 0 Å². The quantitative estimate of drug-likeness (QED) is 0.0253. The molecule has 4 atom stereocenters. The van der Waals surface area contributed by atoms with Crippen molar-refractivity contribution in [2.24, 2.45) is 11.8 Å². The van der Waals surface area contributed by atoms with Crippen molar-refractivity contribution in [3.63, 3.8) is 0 Å². The molecule has 0 aliphatic heterocycles. The summed E-state index contributed by atoms with van der Waals surface area (Å²) < 4.78 is 21.3. The number of hydrogen-bond acceptors (Lipinski definition) is 10. The topological polar surface area (TPSA) is 112 Å². The third-order valence-corrected chi connectivity index (χ3v) is 16.7. The van der Waals surface area contributed by atoms with Crippen LogP contribution < -0.4 is 0 Å². The van der Waals surface area contributed by atoms with Crippen molar-refractivity contribution in [1.29, 1.82) is 0 Å². The van der Waals surface area contributed by atoms with E-state index in [1.807, 2.05) is 14.1 Å². The van der Waals surface area contributed by atoms with Gasteiger partial charge in [0.2, 0.25) is 0 Å². The fraction of sp³-hybridized carbons (Fsp3) is 0.915. The van der Waals surface area contributed by atoms with Crippen molar-refractivity contribution in [3.05, 3.63) is 12.2 Å². The largest absolute Gasteiger partial charge is 0.469 e. The molecule has 0 aromatic carbocycles. The Balaban J connectivity index is 0.00000158. The van der Waals surface area contributed by atoms with E-state index in [0.717, 1.165) is 89.1 Å². The van der Waals surface area contributed by atoms with Crippen LogP contribution in [-0.2, 0) is 38.1 Å². The Bertz CT molecular complexity index is 1420. The second-order valence-corrected chi connectivity index (χ2v) is 25.2. The molecule has 0 aromatic rings. The molecular formula is C71H136N2O8. The van der Waals surface area contributed by atoms with Crippen LogP contribution in [-0.4, -0.2) is 101 Å². The number of allylic oxidation sites excluding steroid dienone is 2. The van der Waals surface area contributed by atoms with Crippen molar-refractivity contribution < 1.29 is 38.1 Å². The molecule has 0 bridgehead atoms. The highest BCUT2D eigenvalue weighted by atomic mass is 16.5. The zero-order valence-corrected chi connectivity index (χ0v) is 55.1. The minimum Gasteiger partial charge on any atom is -0.469 e. The lowest BCUT2D eigenvalue weighted by Crippen LogP contribution is -2.20. The fourth-order valence-electron chi connectivity index (χ4n) is 11.3. The molecule has 4 unspecified atom stereocenters. The van der Waals surface area contributed by atoms with Crippen LogP contribution in [0.4, 0.5) is 0 Å². The lowest BCUT2D eigenvalue weighted by atomic mass is 10.0. The summed E-state index contributed by atoms with van der Waals surface area (Å²) in [6.07, 6.45) is 65.5. The van der Waals surface area contributed by atoms with Crippen LogP contribution >= 0.6 is 0 Å². The van der Waals surface area contributed by atoms with E-state index in [1.165, 1.54) is 252 Å². The van der Waals surface area contributed by atoms with E-state index < -0.39 is 0 Å². The number of ether oxygens (including phenoxy) is 4. The van der Waals surface area contributed by atoms with Gasteiger partial charge in [-0.3, -0.25) is 19.2 Å². The Hall–Kier alpha value is -2.46. The minimum atomic E-state index is -0.0879. The number of esters is 4. The Kier molecular flexibility index (Phi) is 58.8. The number of carbonyl (C=O) groups excluding carboxylic acids is 4. The number of nitrogens with zero attached hydrogens (tertiary/aromatic N) is 2. The Morgan fingerprint density at radius 1 is 0.358 bits per heavy atom. The highest BCUT2D eigenvalue weighted by Gasteiger charge is 2.35. The Labute approximate surface area is 502 Å². The highest BCUT2D eigenvalue weighted by Crippen LogP contribution is 2.46. The summed E-state index contributed by atoms with van der Waals surface area (Å²) in [5.74, 6) is 1.86. The molecule has 1 aliphatic rings. The van der Waals surface area contributed by atoms with Crippen LogP contribution in [0.1, 0.15) is 341 Å². The van der Waals surface area contributed by atoms with E-state index in [9.17, 15) is 19.2 Å². The molecule has 1 rings (SSSR count). The van der Waals surface area contributed by atoms with E-state index >= 15 is 0 Å². The molecule has 10 nitrogen and oxygen atoms in total. The van der Waals surface area contributed by atoms with Gasteiger partial charge in [-0.15, -0.1) is 0 Å². The van der Waals surface area contributed by atoms with Crippen molar-refractivity contribution in [1.82, 2.24) is 9.80 Å². The molecule has 0 heterocycles. The van der Waals surface area contributed by atoms with E-state index in [2.05, 4.69) is 54.6 Å². The molecule has 1 saturated carbocycles. The second kappa shape index (κ2) is 60.7. The molecular weight excluding hydrogens is 1010 g/mol. The summed E-state index contributed by atoms with van der Waals surface area (Å²) in [4.78, 5) is 51.3. The van der Waals surface area contributed by atoms with Gasteiger partial charge in [-0.05, 0) is 162 Å². The lowest BCUT2D eigenvalue weighted by Gasteiger charge is -2.18. The van der Waals surface area contributed by atoms with Gasteiger partial charge in [0, 0.05) is 25.7 Å². The summed E-state index contributed by atoms with van der Waals surface area (Å²) >= 11 is 0. The first-order valence-electron chi connectivity index (χ1n) is 34.9. The monoisotopic (exact) mass is 1150 g/mol. The number of hydrogen-bond donors (Lipinski definition) is 0. The van der Waals surface area contributed by atoms with E-state index in [1.54, 1.807) is 0 Å². The lowest BCUT2D eigenvalue weighted by molar-refractivity contribution is -0.151. The predicted octanol–water partition coefficient (Wildman–Crippen LogP) is 20.0. The molecule has 1 aliphatic carbocycles. The van der Waals surface area contributed by atoms with Crippen LogP contribution in [0.25, 0.3) is 0 Å². The molecule has 0 amide bonds. The molecule has 0 N–H and O–H groups in total. The average Bonchev–Trinajstić information content (AvgIpc) is 4.21. The van der Waals surface area contributed by atoms with Gasteiger partial charge in [0.1, 0.15) is 12.2 Å². The van der Waals surface area contributed by atoms with Gasteiger partial charge in [-0.2, -0.15) is 0 Å². The maximum absolute atomic E-state index is 12.4. The van der Waals surface area contributed by atoms with Gasteiger partial charge in [-0.25, -0.2) is 0 Å². The van der Waals surface area contributed by atoms with Crippen LogP contribution in [0.3, 0.4) is 0 Å². The van der Waals surface area contributed by atoms with Gasteiger partial charge in [0.25, 0.3) is 0 Å². The predicted molar refractivity (Wildman–Crippen MR) is 344 cm³/mol. The molecule has 10 heteroatoms. The van der Waals surface area contributed by atoms with Gasteiger partial charge in [0.15, 0.2) is 0 Å². The zero-order chi connectivity index (χ0) is 59.5. The zero-order valence-electron chi connectivity index (χ0n) is 55.1. The van der Waals surface area contributed by atoms with Gasteiger partial charge < -0.3 is 28.7 Å². The molecule has 0 radical (unpaired) electrons. The van der Waals surface area contributed by atoms with Crippen LogP contribution in [0.15, 0.2) is 12.2 Å². The highest BCUT2D eigenvalue weighted by molar-refractivity contribution is 5.70. The number of rotatable bonds is 60. The summed E-state index contributed by atoms with van der Waals surface area (Å²) in [5, 5.41) is 0. The molecule has 0 aromatic heterocycles.